The van der Waals surface area contributed by atoms with Crippen LogP contribution in [-0.2, 0) is 4.79 Å². The lowest BCUT2D eigenvalue weighted by molar-refractivity contribution is -0.132. The standard InChI is InChI=1S/C4H6O2/c1-3(2)4(5)6/h1H2,2H3,(H,5,6)/i2D. The number of hydrogen-bond donors (Lipinski definition) is 1. The summed E-state index contributed by atoms with van der Waals surface area (Å²) in [6.45, 7) is 2.86. The Hall–Kier alpha value is -0.790. The van der Waals surface area contributed by atoms with Gasteiger partial charge in [0.25, 0.3) is 0 Å². The molecule has 0 aromatic heterocycles. The fraction of sp³-hybridized carbons (Fsp3) is 0.250. The summed E-state index contributed by atoms with van der Waals surface area (Å²) in [4.78, 5) is 9.71. The molecule has 0 saturated carbocycles. The third-order valence-electron chi connectivity index (χ3n) is 0.302. The van der Waals surface area contributed by atoms with E-state index in [4.69, 9.17) is 6.48 Å². The summed E-state index contributed by atoms with van der Waals surface area (Å²) >= 11 is 0. The van der Waals surface area contributed by atoms with Crippen molar-refractivity contribution in [3.63, 3.8) is 0 Å². The minimum atomic E-state index is -1.09. The number of carbonyl (C=O) groups is 1. The second kappa shape index (κ2) is 1.60. The third-order valence-corrected chi connectivity index (χ3v) is 0.302. The molecule has 2 nitrogen and oxygen atoms in total. The maximum atomic E-state index is 9.71. The molecule has 1 N–H and O–H groups in total. The summed E-state index contributed by atoms with van der Waals surface area (Å²) in [7, 11) is 0. The van der Waals surface area contributed by atoms with Crippen molar-refractivity contribution in [2.75, 3.05) is 0 Å². The summed E-state index contributed by atoms with van der Waals surface area (Å²) in [6, 6.07) is 0. The molecule has 0 aliphatic heterocycles. The predicted octanol–water partition coefficient (Wildman–Crippen LogP) is 0.647. The first-order valence-electron chi connectivity index (χ1n) is 2.09. The van der Waals surface area contributed by atoms with Gasteiger partial charge >= 0.3 is 5.97 Å². The fourth-order valence-electron chi connectivity index (χ4n) is 0. The zero-order valence-electron chi connectivity index (χ0n) is 4.27. The number of hydrogen-bond acceptors (Lipinski definition) is 1. The average Bonchev–Trinajstić information content (AvgIpc) is 1.65. The van der Waals surface area contributed by atoms with Crippen molar-refractivity contribution >= 4 is 5.97 Å². The Morgan fingerprint density at radius 3 is 2.67 bits per heavy atom. The average molecular weight is 87.1 g/mol. The molecule has 0 spiro atoms. The van der Waals surface area contributed by atoms with Crippen LogP contribution in [0.5, 0.6) is 0 Å². The number of carboxylic acids is 1. The van der Waals surface area contributed by atoms with Crippen molar-refractivity contribution in [3.8, 4) is 0 Å². The van der Waals surface area contributed by atoms with Gasteiger partial charge in [-0.15, -0.1) is 0 Å². The molecule has 0 amide bonds. The monoisotopic (exact) mass is 87.0 g/mol. The molecule has 0 aliphatic carbocycles. The van der Waals surface area contributed by atoms with E-state index in [0.29, 0.717) is 0 Å². The molecule has 0 aliphatic rings. The number of carboxylic acid groups (broad SMARTS) is 1. The zero-order chi connectivity index (χ0) is 5.86. The Morgan fingerprint density at radius 2 is 2.67 bits per heavy atom. The predicted molar refractivity (Wildman–Crippen MR) is 22.4 cm³/mol. The second-order valence-corrected chi connectivity index (χ2v) is 0.909. The number of rotatable bonds is 1. The van der Waals surface area contributed by atoms with Crippen LogP contribution in [-0.4, -0.2) is 11.1 Å². The summed E-state index contributed by atoms with van der Waals surface area (Å²) in [5.41, 5.74) is -0.0694. The van der Waals surface area contributed by atoms with Crippen molar-refractivity contribution in [2.24, 2.45) is 0 Å². The van der Waals surface area contributed by atoms with Gasteiger partial charge in [-0.05, 0) is 6.90 Å². The van der Waals surface area contributed by atoms with Crippen LogP contribution in [0.2, 0.25) is 0 Å². The van der Waals surface area contributed by atoms with Gasteiger partial charge in [-0.1, -0.05) is 6.58 Å². The van der Waals surface area contributed by atoms with Crippen LogP contribution in [0, 0.1) is 0 Å². The SMILES string of the molecule is [2H]CC(=C)C(=O)O. The van der Waals surface area contributed by atoms with Crippen molar-refractivity contribution in [3.05, 3.63) is 12.2 Å². The molecule has 0 atom stereocenters. The zero-order valence-corrected chi connectivity index (χ0v) is 3.27. The molecule has 6 heavy (non-hydrogen) atoms. The molecule has 0 aromatic rings. The molecule has 0 radical (unpaired) electrons. The highest BCUT2D eigenvalue weighted by Gasteiger charge is 1.90. The lowest BCUT2D eigenvalue weighted by Gasteiger charge is -1.79. The molecule has 0 heterocycles. The quantitative estimate of drug-likeness (QED) is 0.477. The van der Waals surface area contributed by atoms with Crippen LogP contribution in [0.1, 0.15) is 8.27 Å². The van der Waals surface area contributed by atoms with Crippen LogP contribution in [0.15, 0.2) is 12.2 Å². The van der Waals surface area contributed by atoms with Crippen molar-refractivity contribution in [1.29, 1.82) is 0 Å². The Balaban J connectivity index is 3.58. The molecule has 0 fully saturated rings. The van der Waals surface area contributed by atoms with Crippen LogP contribution >= 0.6 is 0 Å². The van der Waals surface area contributed by atoms with Crippen molar-refractivity contribution in [1.82, 2.24) is 0 Å². The Kier molecular flexibility index (Phi) is 0.906. The van der Waals surface area contributed by atoms with Gasteiger partial charge in [0.2, 0.25) is 0 Å². The Morgan fingerprint density at radius 1 is 2.17 bits per heavy atom. The highest BCUT2D eigenvalue weighted by atomic mass is 16.4. The van der Waals surface area contributed by atoms with E-state index in [1.807, 2.05) is 0 Å². The molecule has 0 aromatic carbocycles. The first kappa shape index (κ1) is 3.40. The van der Waals surface area contributed by atoms with E-state index in [1.165, 1.54) is 0 Å². The summed E-state index contributed by atoms with van der Waals surface area (Å²) < 4.78 is 6.46. The summed E-state index contributed by atoms with van der Waals surface area (Å²) in [5.74, 6) is -1.09. The molecule has 0 rings (SSSR count). The molecular weight excluding hydrogens is 80.0 g/mol. The fourth-order valence-corrected chi connectivity index (χ4v) is 0. The summed E-state index contributed by atoms with van der Waals surface area (Å²) in [6.07, 6.45) is 0. The van der Waals surface area contributed by atoms with Crippen LogP contribution in [0.25, 0.3) is 0 Å². The van der Waals surface area contributed by atoms with Crippen molar-refractivity contribution in [2.45, 2.75) is 6.90 Å². The Bertz CT molecular complexity index is 97.9. The van der Waals surface area contributed by atoms with E-state index < -0.39 is 5.97 Å². The van der Waals surface area contributed by atoms with Gasteiger partial charge in [-0.2, -0.15) is 0 Å². The molecule has 2 heteroatoms. The highest BCUT2D eigenvalue weighted by molar-refractivity contribution is 5.84. The maximum absolute atomic E-state index is 9.71. The number of aliphatic carboxylic acids is 1. The smallest absolute Gasteiger partial charge is 0.330 e. The van der Waals surface area contributed by atoms with Crippen LogP contribution < -0.4 is 0 Å². The van der Waals surface area contributed by atoms with E-state index >= 15 is 0 Å². The largest absolute Gasteiger partial charge is 0.478 e. The lowest BCUT2D eigenvalue weighted by atomic mass is 10.4. The minimum absolute atomic E-state index is 0.0694. The van der Waals surface area contributed by atoms with E-state index in [1.54, 1.807) is 0 Å². The molecule has 0 unspecified atom stereocenters. The summed E-state index contributed by atoms with van der Waals surface area (Å²) in [5, 5.41) is 7.96. The maximum Gasteiger partial charge on any atom is 0.330 e. The molecule has 0 saturated heterocycles. The normalized spacial score (nSPS) is 9.67. The lowest BCUT2D eigenvalue weighted by Crippen LogP contribution is -1.92. The first-order valence-corrected chi connectivity index (χ1v) is 1.38. The highest BCUT2D eigenvalue weighted by Crippen LogP contribution is 1.81. The molecule has 34 valence electrons. The van der Waals surface area contributed by atoms with Gasteiger partial charge in [-0.25, -0.2) is 4.79 Å². The van der Waals surface area contributed by atoms with Gasteiger partial charge in [0.1, 0.15) is 0 Å². The third kappa shape index (κ3) is 1.52. The molecular formula is C4H6O2. The van der Waals surface area contributed by atoms with Crippen LogP contribution in [0.3, 0.4) is 0 Å². The van der Waals surface area contributed by atoms with Gasteiger partial charge in [0.05, 0.1) is 0 Å². The van der Waals surface area contributed by atoms with Crippen molar-refractivity contribution < 1.29 is 11.3 Å². The Labute approximate surface area is 37.5 Å². The van der Waals surface area contributed by atoms with E-state index in [0.717, 1.165) is 0 Å². The van der Waals surface area contributed by atoms with Gasteiger partial charge in [0.15, 0.2) is 0 Å². The molecule has 0 bridgehead atoms. The van der Waals surface area contributed by atoms with E-state index in [2.05, 4.69) is 6.58 Å². The first-order chi connectivity index (χ1) is 3.18. The second-order valence-electron chi connectivity index (χ2n) is 0.909. The topological polar surface area (TPSA) is 37.3 Å². The minimum Gasteiger partial charge on any atom is -0.478 e. The van der Waals surface area contributed by atoms with Crippen LogP contribution in [0.4, 0.5) is 0 Å². The van der Waals surface area contributed by atoms with E-state index in [-0.39, 0.29) is 12.5 Å². The van der Waals surface area contributed by atoms with E-state index in [9.17, 15) is 4.79 Å². The van der Waals surface area contributed by atoms with Gasteiger partial charge in [-0.3, -0.25) is 0 Å². The van der Waals surface area contributed by atoms with Gasteiger partial charge < -0.3 is 5.11 Å². The van der Waals surface area contributed by atoms with Gasteiger partial charge in [0, 0.05) is 6.94 Å².